The van der Waals surface area contributed by atoms with Gasteiger partial charge in [0.1, 0.15) is 0 Å². The minimum absolute atomic E-state index is 0.146. The van der Waals surface area contributed by atoms with Crippen LogP contribution in [0.1, 0.15) is 47.5 Å². The Balaban J connectivity index is 3.42. The molecule has 0 aliphatic carbocycles. The number of amides is 1. The normalized spacial score (nSPS) is 11.9. The van der Waals surface area contributed by atoms with E-state index in [1.807, 2.05) is 0 Å². The summed E-state index contributed by atoms with van der Waals surface area (Å²) in [6, 6.07) is 0.451. The molecular formula is C12H26N2O. The van der Waals surface area contributed by atoms with Crippen molar-refractivity contribution in [2.75, 3.05) is 13.1 Å². The van der Waals surface area contributed by atoms with Gasteiger partial charge in [0.15, 0.2) is 0 Å². The molecule has 0 fully saturated rings. The minimum atomic E-state index is 0.146. The van der Waals surface area contributed by atoms with Crippen molar-refractivity contribution in [3.05, 3.63) is 0 Å². The lowest BCUT2D eigenvalue weighted by atomic mass is 9.92. The summed E-state index contributed by atoms with van der Waals surface area (Å²) in [6.45, 7) is 12.2. The van der Waals surface area contributed by atoms with E-state index < -0.39 is 0 Å². The van der Waals surface area contributed by atoms with Crippen molar-refractivity contribution in [2.24, 2.45) is 5.41 Å². The van der Waals surface area contributed by atoms with Crippen LogP contribution in [-0.2, 0) is 4.79 Å². The van der Waals surface area contributed by atoms with Gasteiger partial charge in [0.2, 0.25) is 5.91 Å². The number of rotatable bonds is 6. The van der Waals surface area contributed by atoms with E-state index in [4.69, 9.17) is 0 Å². The Kier molecular flexibility index (Phi) is 6.57. The molecule has 0 spiro atoms. The third-order valence-electron chi connectivity index (χ3n) is 2.10. The molecule has 0 radical (unpaired) electrons. The minimum Gasteiger partial charge on any atom is -0.356 e. The lowest BCUT2D eigenvalue weighted by Crippen LogP contribution is -2.32. The molecule has 0 saturated heterocycles. The standard InChI is InChI=1S/C12H26N2O/c1-10(2)13-8-6-11(15)14-9-7-12(3,4)5/h10,13H,6-9H2,1-5H3,(H,14,15). The van der Waals surface area contributed by atoms with Crippen LogP contribution in [0, 0.1) is 5.41 Å². The third-order valence-corrected chi connectivity index (χ3v) is 2.10. The van der Waals surface area contributed by atoms with Crippen LogP contribution in [0.15, 0.2) is 0 Å². The van der Waals surface area contributed by atoms with Crippen LogP contribution >= 0.6 is 0 Å². The van der Waals surface area contributed by atoms with Crippen molar-refractivity contribution in [1.82, 2.24) is 10.6 Å². The van der Waals surface area contributed by atoms with E-state index in [1.165, 1.54) is 0 Å². The number of carbonyl (C=O) groups excluding carboxylic acids is 1. The molecule has 2 N–H and O–H groups in total. The largest absolute Gasteiger partial charge is 0.356 e. The Morgan fingerprint density at radius 2 is 1.80 bits per heavy atom. The highest BCUT2D eigenvalue weighted by molar-refractivity contribution is 5.75. The Labute approximate surface area is 94.0 Å². The third kappa shape index (κ3) is 11.4. The van der Waals surface area contributed by atoms with Crippen molar-refractivity contribution < 1.29 is 4.79 Å². The molecule has 0 atom stereocenters. The molecule has 0 saturated carbocycles. The van der Waals surface area contributed by atoms with Gasteiger partial charge in [-0.05, 0) is 11.8 Å². The van der Waals surface area contributed by atoms with E-state index in [0.717, 1.165) is 19.5 Å². The van der Waals surface area contributed by atoms with E-state index >= 15 is 0 Å². The highest BCUT2D eigenvalue weighted by Gasteiger charge is 2.10. The molecule has 15 heavy (non-hydrogen) atoms. The molecule has 3 nitrogen and oxygen atoms in total. The molecule has 3 heteroatoms. The van der Waals surface area contributed by atoms with Gasteiger partial charge in [0.05, 0.1) is 0 Å². The monoisotopic (exact) mass is 214 g/mol. The van der Waals surface area contributed by atoms with Crippen molar-refractivity contribution in [2.45, 2.75) is 53.5 Å². The summed E-state index contributed by atoms with van der Waals surface area (Å²) in [7, 11) is 0. The maximum Gasteiger partial charge on any atom is 0.221 e. The van der Waals surface area contributed by atoms with Crippen LogP contribution in [0.4, 0.5) is 0 Å². The molecular weight excluding hydrogens is 188 g/mol. The van der Waals surface area contributed by atoms with Gasteiger partial charge in [-0.3, -0.25) is 4.79 Å². The highest BCUT2D eigenvalue weighted by atomic mass is 16.1. The lowest BCUT2D eigenvalue weighted by Gasteiger charge is -2.18. The summed E-state index contributed by atoms with van der Waals surface area (Å²) >= 11 is 0. The molecule has 90 valence electrons. The second-order valence-electron chi connectivity index (χ2n) is 5.52. The highest BCUT2D eigenvalue weighted by Crippen LogP contribution is 2.16. The van der Waals surface area contributed by atoms with Crippen LogP contribution in [0.5, 0.6) is 0 Å². The van der Waals surface area contributed by atoms with Gasteiger partial charge < -0.3 is 10.6 Å². The van der Waals surface area contributed by atoms with Gasteiger partial charge >= 0.3 is 0 Å². The number of carbonyl (C=O) groups is 1. The van der Waals surface area contributed by atoms with E-state index in [0.29, 0.717) is 17.9 Å². The zero-order chi connectivity index (χ0) is 11.9. The molecule has 0 aromatic heterocycles. The first-order valence-electron chi connectivity index (χ1n) is 5.81. The summed E-state index contributed by atoms with van der Waals surface area (Å²) in [5.41, 5.74) is 0.295. The Morgan fingerprint density at radius 1 is 1.20 bits per heavy atom. The van der Waals surface area contributed by atoms with E-state index in [9.17, 15) is 4.79 Å². The molecule has 0 aromatic carbocycles. The topological polar surface area (TPSA) is 41.1 Å². The molecule has 0 unspecified atom stereocenters. The van der Waals surface area contributed by atoms with E-state index in [2.05, 4.69) is 45.3 Å². The van der Waals surface area contributed by atoms with Gasteiger partial charge in [0.25, 0.3) is 0 Å². The van der Waals surface area contributed by atoms with Gasteiger partial charge in [-0.25, -0.2) is 0 Å². The summed E-state index contributed by atoms with van der Waals surface area (Å²) < 4.78 is 0. The SMILES string of the molecule is CC(C)NCCC(=O)NCCC(C)(C)C. The number of nitrogens with one attached hydrogen (secondary N) is 2. The first-order chi connectivity index (χ1) is 6.81. The molecule has 0 bridgehead atoms. The van der Waals surface area contributed by atoms with Crippen LogP contribution in [-0.4, -0.2) is 25.0 Å². The van der Waals surface area contributed by atoms with E-state index in [1.54, 1.807) is 0 Å². The van der Waals surface area contributed by atoms with E-state index in [-0.39, 0.29) is 5.91 Å². The summed E-state index contributed by atoms with van der Waals surface area (Å²) in [6.07, 6.45) is 1.60. The molecule has 0 aromatic rings. The number of hydrogen-bond acceptors (Lipinski definition) is 2. The zero-order valence-electron chi connectivity index (χ0n) is 10.8. The first kappa shape index (κ1) is 14.4. The fourth-order valence-electron chi connectivity index (χ4n) is 1.14. The maximum atomic E-state index is 11.4. The molecule has 0 aliphatic rings. The fraction of sp³-hybridized carbons (Fsp3) is 0.917. The molecule has 0 heterocycles. The zero-order valence-corrected chi connectivity index (χ0v) is 10.8. The van der Waals surface area contributed by atoms with Gasteiger partial charge in [-0.15, -0.1) is 0 Å². The second-order valence-corrected chi connectivity index (χ2v) is 5.52. The Hall–Kier alpha value is -0.570. The smallest absolute Gasteiger partial charge is 0.221 e. The van der Waals surface area contributed by atoms with Crippen LogP contribution in [0.25, 0.3) is 0 Å². The van der Waals surface area contributed by atoms with Crippen molar-refractivity contribution in [3.8, 4) is 0 Å². The lowest BCUT2D eigenvalue weighted by molar-refractivity contribution is -0.121. The quantitative estimate of drug-likeness (QED) is 0.709. The summed E-state index contributed by atoms with van der Waals surface area (Å²) in [5.74, 6) is 0.146. The van der Waals surface area contributed by atoms with Gasteiger partial charge in [0, 0.05) is 25.6 Å². The molecule has 0 aliphatic heterocycles. The van der Waals surface area contributed by atoms with Crippen LogP contribution < -0.4 is 10.6 Å². The number of hydrogen-bond donors (Lipinski definition) is 2. The Bertz CT molecular complexity index is 183. The predicted octanol–water partition coefficient (Wildman–Crippen LogP) is 1.93. The second kappa shape index (κ2) is 6.83. The van der Waals surface area contributed by atoms with Crippen molar-refractivity contribution >= 4 is 5.91 Å². The van der Waals surface area contributed by atoms with Gasteiger partial charge in [-0.2, -0.15) is 0 Å². The summed E-state index contributed by atoms with van der Waals surface area (Å²) in [4.78, 5) is 11.4. The predicted molar refractivity (Wildman–Crippen MR) is 64.8 cm³/mol. The van der Waals surface area contributed by atoms with Crippen molar-refractivity contribution in [1.29, 1.82) is 0 Å². The Morgan fingerprint density at radius 3 is 2.27 bits per heavy atom. The fourth-order valence-corrected chi connectivity index (χ4v) is 1.14. The van der Waals surface area contributed by atoms with Crippen LogP contribution in [0.3, 0.4) is 0 Å². The average Bonchev–Trinajstić information content (AvgIpc) is 2.00. The van der Waals surface area contributed by atoms with Crippen LogP contribution in [0.2, 0.25) is 0 Å². The maximum absolute atomic E-state index is 11.4. The molecule has 1 amide bonds. The van der Waals surface area contributed by atoms with Gasteiger partial charge in [-0.1, -0.05) is 34.6 Å². The van der Waals surface area contributed by atoms with Crippen molar-refractivity contribution in [3.63, 3.8) is 0 Å². The first-order valence-corrected chi connectivity index (χ1v) is 5.81. The average molecular weight is 214 g/mol. The summed E-state index contributed by atoms with van der Waals surface area (Å²) in [5, 5.41) is 6.16. The molecule has 0 rings (SSSR count).